The summed E-state index contributed by atoms with van der Waals surface area (Å²) < 4.78 is 14.0. The third kappa shape index (κ3) is 4.09. The van der Waals surface area contributed by atoms with Gasteiger partial charge in [0.05, 0.1) is 0 Å². The van der Waals surface area contributed by atoms with Crippen molar-refractivity contribution in [2.45, 2.75) is 59.7 Å². The van der Waals surface area contributed by atoms with Gasteiger partial charge in [-0.25, -0.2) is 9.76 Å². The highest BCUT2D eigenvalue weighted by Gasteiger charge is 2.30. The molecular weight excluding hydrogens is 197 g/mol. The van der Waals surface area contributed by atoms with E-state index in [-0.39, 0.29) is 18.1 Å². The first-order valence-corrected chi connectivity index (χ1v) is 6.86. The minimum absolute atomic E-state index is 0.130. The van der Waals surface area contributed by atoms with Crippen molar-refractivity contribution in [3.05, 3.63) is 0 Å². The van der Waals surface area contributed by atoms with Crippen LogP contribution in [0, 0.1) is 0 Å². The van der Waals surface area contributed by atoms with Crippen molar-refractivity contribution in [3.63, 3.8) is 0 Å². The van der Waals surface area contributed by atoms with Crippen LogP contribution in [0.25, 0.3) is 0 Å². The fourth-order valence-electron chi connectivity index (χ4n) is 1.72. The minimum Gasteiger partial charge on any atom is -0.271 e. The molecule has 0 rings (SSSR count). The van der Waals surface area contributed by atoms with Crippen molar-refractivity contribution in [2.24, 2.45) is 5.50 Å². The van der Waals surface area contributed by atoms with Gasteiger partial charge in [0.2, 0.25) is 0 Å². The fourth-order valence-corrected chi connectivity index (χ4v) is 3.96. The lowest BCUT2D eigenvalue weighted by atomic mass is 10.3. The van der Waals surface area contributed by atoms with Crippen molar-refractivity contribution >= 4 is 7.59 Å². The molecule has 1 atom stereocenters. The van der Waals surface area contributed by atoms with Gasteiger partial charge in [-0.15, -0.1) is 0 Å². The molecule has 0 spiro atoms. The van der Waals surface area contributed by atoms with Crippen molar-refractivity contribution < 1.29 is 4.57 Å². The zero-order chi connectivity index (χ0) is 11.5. The first kappa shape index (κ1) is 14.1. The zero-order valence-corrected chi connectivity index (χ0v) is 11.0. The maximum absolute atomic E-state index is 12.2. The molecule has 0 saturated carbocycles. The summed E-state index contributed by atoms with van der Waals surface area (Å²) in [4.78, 5) is 0. The van der Waals surface area contributed by atoms with Gasteiger partial charge in [0.15, 0.2) is 0 Å². The van der Waals surface area contributed by atoms with E-state index in [4.69, 9.17) is 5.50 Å². The van der Waals surface area contributed by atoms with Gasteiger partial charge in [-0.05, 0) is 41.5 Å². The summed E-state index contributed by atoms with van der Waals surface area (Å²) in [6.45, 7) is 11.9. The Bertz CT molecular complexity index is 208. The number of nitrogens with one attached hydrogen (secondary N) is 1. The number of nitrogens with zero attached hydrogens (tertiary/aromatic N) is 1. The average Bonchev–Trinajstić information content (AvgIpc) is 1.77. The maximum Gasteiger partial charge on any atom is 0.279 e. The molecule has 0 fully saturated rings. The summed E-state index contributed by atoms with van der Waals surface area (Å²) in [5.74, 6) is 0. The van der Waals surface area contributed by atoms with Crippen LogP contribution in [-0.4, -0.2) is 22.8 Å². The van der Waals surface area contributed by atoms with Gasteiger partial charge in [0.25, 0.3) is 7.59 Å². The fraction of sp³-hybridized carbons (Fsp3) is 1.00. The quantitative estimate of drug-likeness (QED) is 0.698. The van der Waals surface area contributed by atoms with Gasteiger partial charge in [-0.3, -0.25) is 10.1 Å². The first-order chi connectivity index (χ1) is 6.18. The molecule has 0 aromatic heterocycles. The van der Waals surface area contributed by atoms with Gasteiger partial charge in [0, 0.05) is 18.1 Å². The molecule has 14 heavy (non-hydrogen) atoms. The molecule has 3 N–H and O–H groups in total. The molecule has 4 nitrogen and oxygen atoms in total. The molecule has 1 unspecified atom stereocenters. The van der Waals surface area contributed by atoms with Gasteiger partial charge in [-0.2, -0.15) is 0 Å². The lowest BCUT2D eigenvalue weighted by molar-refractivity contribution is 0.292. The smallest absolute Gasteiger partial charge is 0.271 e. The second-order valence-electron chi connectivity index (χ2n) is 4.47. The molecule has 0 aromatic carbocycles. The van der Waals surface area contributed by atoms with Crippen LogP contribution in [0.4, 0.5) is 0 Å². The average molecular weight is 221 g/mol. The standard InChI is InChI=1S/C9H24N3OP/c1-7(2)11-14(10,13)12(8(3)4)9(5)6/h7-9H,1-6H3,(H3,10,11,13). The highest BCUT2D eigenvalue weighted by atomic mass is 31.2. The van der Waals surface area contributed by atoms with E-state index in [1.54, 1.807) is 0 Å². The van der Waals surface area contributed by atoms with E-state index in [9.17, 15) is 4.57 Å². The normalized spacial score (nSPS) is 17.1. The Kier molecular flexibility index (Phi) is 5.31. The maximum atomic E-state index is 12.2. The van der Waals surface area contributed by atoms with Crippen LogP contribution in [0.1, 0.15) is 41.5 Å². The summed E-state index contributed by atoms with van der Waals surface area (Å²) in [5.41, 5.74) is 5.83. The van der Waals surface area contributed by atoms with Crippen LogP contribution in [0.5, 0.6) is 0 Å². The van der Waals surface area contributed by atoms with Crippen molar-refractivity contribution in [2.75, 3.05) is 0 Å². The summed E-state index contributed by atoms with van der Waals surface area (Å²) in [5, 5.41) is 2.94. The molecule has 0 bridgehead atoms. The minimum atomic E-state index is -2.89. The lowest BCUT2D eigenvalue weighted by Crippen LogP contribution is -2.42. The first-order valence-electron chi connectivity index (χ1n) is 5.13. The summed E-state index contributed by atoms with van der Waals surface area (Å²) in [6.07, 6.45) is 0. The zero-order valence-electron chi connectivity index (χ0n) is 10.1. The molecule has 0 aliphatic carbocycles. The van der Waals surface area contributed by atoms with Crippen LogP contribution in [0.15, 0.2) is 0 Å². The van der Waals surface area contributed by atoms with Crippen LogP contribution < -0.4 is 10.6 Å². The van der Waals surface area contributed by atoms with Gasteiger partial charge in [-0.1, -0.05) is 0 Å². The number of nitrogens with two attached hydrogens (primary N) is 1. The Hall–Kier alpha value is 0.110. The van der Waals surface area contributed by atoms with Gasteiger partial charge in [0.1, 0.15) is 0 Å². The summed E-state index contributed by atoms with van der Waals surface area (Å²) in [6, 6.07) is 0.486. The Balaban J connectivity index is 4.72. The highest BCUT2D eigenvalue weighted by molar-refractivity contribution is 7.57. The molecule has 0 heterocycles. The summed E-state index contributed by atoms with van der Waals surface area (Å²) >= 11 is 0. The van der Waals surface area contributed by atoms with E-state index in [0.717, 1.165) is 0 Å². The number of rotatable bonds is 5. The van der Waals surface area contributed by atoms with E-state index in [1.165, 1.54) is 0 Å². The number of hydrogen-bond acceptors (Lipinski definition) is 1. The van der Waals surface area contributed by atoms with E-state index in [2.05, 4.69) is 5.09 Å². The third-order valence-electron chi connectivity index (χ3n) is 1.84. The SMILES string of the molecule is CC(C)NP(N)(=O)N(C(C)C)C(C)C. The number of hydrogen-bond donors (Lipinski definition) is 2. The largest absolute Gasteiger partial charge is 0.279 e. The second-order valence-corrected chi connectivity index (χ2v) is 6.44. The second kappa shape index (κ2) is 5.26. The molecule has 0 aliphatic rings. The summed E-state index contributed by atoms with van der Waals surface area (Å²) in [7, 11) is -2.89. The molecule has 0 saturated heterocycles. The Morgan fingerprint density at radius 3 is 1.64 bits per heavy atom. The monoisotopic (exact) mass is 221 g/mol. The van der Waals surface area contributed by atoms with Crippen molar-refractivity contribution in [1.29, 1.82) is 0 Å². The van der Waals surface area contributed by atoms with Crippen molar-refractivity contribution in [1.82, 2.24) is 9.76 Å². The topological polar surface area (TPSA) is 58.4 Å². The predicted molar refractivity (Wildman–Crippen MR) is 62.2 cm³/mol. The van der Waals surface area contributed by atoms with Crippen LogP contribution in [-0.2, 0) is 4.57 Å². The lowest BCUT2D eigenvalue weighted by Gasteiger charge is -2.36. The Morgan fingerprint density at radius 1 is 1.07 bits per heavy atom. The Labute approximate surface area is 87.8 Å². The van der Waals surface area contributed by atoms with E-state index in [0.29, 0.717) is 0 Å². The van der Waals surface area contributed by atoms with E-state index in [1.807, 2.05) is 46.2 Å². The Morgan fingerprint density at radius 2 is 1.43 bits per heavy atom. The molecule has 5 heteroatoms. The van der Waals surface area contributed by atoms with Crippen LogP contribution in [0.3, 0.4) is 0 Å². The third-order valence-corrected chi connectivity index (χ3v) is 4.34. The van der Waals surface area contributed by atoms with Gasteiger partial charge < -0.3 is 0 Å². The van der Waals surface area contributed by atoms with Crippen molar-refractivity contribution in [3.8, 4) is 0 Å². The van der Waals surface area contributed by atoms with E-state index >= 15 is 0 Å². The van der Waals surface area contributed by atoms with Crippen LogP contribution >= 0.6 is 7.59 Å². The van der Waals surface area contributed by atoms with E-state index < -0.39 is 7.59 Å². The molecule has 0 aromatic rings. The molecule has 86 valence electrons. The predicted octanol–water partition coefficient (Wildman–Crippen LogP) is 2.17. The van der Waals surface area contributed by atoms with Crippen LogP contribution in [0.2, 0.25) is 0 Å². The molecule has 0 radical (unpaired) electrons. The highest BCUT2D eigenvalue weighted by Crippen LogP contribution is 2.40. The van der Waals surface area contributed by atoms with Gasteiger partial charge >= 0.3 is 0 Å². The molecule has 0 amide bonds. The molecule has 0 aliphatic heterocycles. The molecular formula is C9H24N3OP.